The lowest BCUT2D eigenvalue weighted by Gasteiger charge is -2.13. The van der Waals surface area contributed by atoms with Crippen molar-refractivity contribution in [2.75, 3.05) is 0 Å². The highest BCUT2D eigenvalue weighted by molar-refractivity contribution is 5.94. The fourth-order valence-corrected chi connectivity index (χ4v) is 4.92. The Morgan fingerprint density at radius 3 is 2.35 bits per heavy atom. The highest BCUT2D eigenvalue weighted by Crippen LogP contribution is 2.34. The molecule has 1 fully saturated rings. The minimum Gasteiger partial charge on any atom is -0.240 e. The Morgan fingerprint density at radius 1 is 0.871 bits per heavy atom. The average Bonchev–Trinajstić information content (AvgIpc) is 3.31. The molecular formula is C27H29N4+. The molecule has 2 aromatic carbocycles. The first kappa shape index (κ1) is 19.8. The average molecular weight is 410 g/mol. The van der Waals surface area contributed by atoms with Crippen molar-refractivity contribution in [3.05, 3.63) is 71.6 Å². The molecule has 0 spiro atoms. The van der Waals surface area contributed by atoms with E-state index >= 15 is 0 Å². The molecule has 5 rings (SSSR count). The Labute approximate surface area is 184 Å². The van der Waals surface area contributed by atoms with Crippen LogP contribution in [0.2, 0.25) is 0 Å². The number of rotatable bonds is 3. The van der Waals surface area contributed by atoms with Gasteiger partial charge in [0.2, 0.25) is 0 Å². The van der Waals surface area contributed by atoms with Gasteiger partial charge in [-0.1, -0.05) is 30.5 Å². The molecule has 1 aliphatic rings. The fourth-order valence-electron chi connectivity index (χ4n) is 4.92. The van der Waals surface area contributed by atoms with Crippen LogP contribution < -0.4 is 4.57 Å². The summed E-state index contributed by atoms with van der Waals surface area (Å²) in [7, 11) is 2.07. The first-order valence-electron chi connectivity index (χ1n) is 11.2. The minimum absolute atomic E-state index is 0.538. The van der Waals surface area contributed by atoms with Gasteiger partial charge in [-0.2, -0.15) is 0 Å². The van der Waals surface area contributed by atoms with Crippen molar-refractivity contribution < 1.29 is 4.57 Å². The summed E-state index contributed by atoms with van der Waals surface area (Å²) in [5.41, 5.74) is 9.52. The maximum absolute atomic E-state index is 4.73. The molecule has 4 aromatic rings. The number of fused-ring (bicyclic) bond motifs is 1. The second-order valence-corrected chi connectivity index (χ2v) is 9.00. The van der Waals surface area contributed by atoms with E-state index in [-0.39, 0.29) is 0 Å². The molecule has 1 saturated carbocycles. The molecule has 0 atom stereocenters. The number of hydrogen-bond acceptors (Lipinski definition) is 3. The fraction of sp³-hybridized carbons (Fsp3) is 0.333. The molecule has 0 amide bonds. The molecule has 0 unspecified atom stereocenters. The Hall–Kier alpha value is -3.14. The monoisotopic (exact) mass is 409 g/mol. The summed E-state index contributed by atoms with van der Waals surface area (Å²) in [6.45, 7) is 6.54. The number of benzene rings is 2. The molecule has 0 radical (unpaired) electrons. The summed E-state index contributed by atoms with van der Waals surface area (Å²) in [6.07, 6.45) is 10.9. The zero-order valence-corrected chi connectivity index (χ0v) is 18.8. The first-order chi connectivity index (χ1) is 15.0. The molecule has 2 heterocycles. The summed E-state index contributed by atoms with van der Waals surface area (Å²) >= 11 is 0. The molecule has 2 aromatic heterocycles. The largest absolute Gasteiger partial charge is 0.287 e. The SMILES string of the molecule is Cc1cc(C)c(C)c(-c2c3ccc(-c4cnc(C5CCCC5)nc4)cc3nc[n+]2C)c1. The van der Waals surface area contributed by atoms with Gasteiger partial charge in [0.15, 0.2) is 5.52 Å². The van der Waals surface area contributed by atoms with Crippen LogP contribution in [-0.2, 0) is 7.05 Å². The molecule has 0 N–H and O–H groups in total. The van der Waals surface area contributed by atoms with E-state index in [1.807, 2.05) is 18.7 Å². The first-order valence-corrected chi connectivity index (χ1v) is 11.2. The van der Waals surface area contributed by atoms with Crippen LogP contribution in [0.5, 0.6) is 0 Å². The molecule has 156 valence electrons. The number of nitrogens with zero attached hydrogens (tertiary/aromatic N) is 4. The number of aromatic nitrogens is 4. The van der Waals surface area contributed by atoms with Crippen LogP contribution in [0, 0.1) is 20.8 Å². The minimum atomic E-state index is 0.538. The molecule has 0 aliphatic heterocycles. The van der Waals surface area contributed by atoms with Gasteiger partial charge in [-0.3, -0.25) is 0 Å². The highest BCUT2D eigenvalue weighted by Gasteiger charge is 2.21. The Bertz CT molecular complexity index is 1270. The number of hydrogen-bond donors (Lipinski definition) is 0. The molecule has 4 nitrogen and oxygen atoms in total. The van der Waals surface area contributed by atoms with Crippen LogP contribution in [0.25, 0.3) is 33.3 Å². The van der Waals surface area contributed by atoms with E-state index < -0.39 is 0 Å². The van der Waals surface area contributed by atoms with Crippen molar-refractivity contribution in [1.29, 1.82) is 0 Å². The van der Waals surface area contributed by atoms with Crippen LogP contribution in [0.1, 0.15) is 54.1 Å². The van der Waals surface area contributed by atoms with Gasteiger partial charge in [0, 0.05) is 29.4 Å². The summed E-state index contributed by atoms with van der Waals surface area (Å²) < 4.78 is 2.13. The summed E-state index contributed by atoms with van der Waals surface area (Å²) in [6, 6.07) is 11.0. The van der Waals surface area contributed by atoms with Crippen molar-refractivity contribution in [2.45, 2.75) is 52.4 Å². The zero-order chi connectivity index (χ0) is 21.5. The summed E-state index contributed by atoms with van der Waals surface area (Å²) in [5.74, 6) is 1.54. The Kier molecular flexibility index (Phi) is 5.01. The van der Waals surface area contributed by atoms with E-state index in [0.29, 0.717) is 5.92 Å². The predicted octanol–water partition coefficient (Wildman–Crippen LogP) is 5.77. The van der Waals surface area contributed by atoms with E-state index in [9.17, 15) is 0 Å². The highest BCUT2D eigenvalue weighted by atomic mass is 15.0. The topological polar surface area (TPSA) is 42.6 Å². The second kappa shape index (κ2) is 7.84. The number of aryl methyl sites for hydroxylation is 3. The summed E-state index contributed by atoms with van der Waals surface area (Å²) in [4.78, 5) is 14.1. The smallest absolute Gasteiger partial charge is 0.240 e. The van der Waals surface area contributed by atoms with E-state index in [4.69, 9.17) is 15.0 Å². The molecular weight excluding hydrogens is 380 g/mol. The lowest BCUT2D eigenvalue weighted by molar-refractivity contribution is -0.662. The third-order valence-electron chi connectivity index (χ3n) is 6.77. The van der Waals surface area contributed by atoms with Crippen LogP contribution in [0.3, 0.4) is 0 Å². The van der Waals surface area contributed by atoms with Gasteiger partial charge < -0.3 is 0 Å². The van der Waals surface area contributed by atoms with Crippen molar-refractivity contribution in [1.82, 2.24) is 15.0 Å². The van der Waals surface area contributed by atoms with Gasteiger partial charge in [-0.15, -0.1) is 0 Å². The maximum Gasteiger partial charge on any atom is 0.287 e. The predicted molar refractivity (Wildman–Crippen MR) is 125 cm³/mol. The van der Waals surface area contributed by atoms with E-state index in [1.54, 1.807) is 0 Å². The van der Waals surface area contributed by atoms with Crippen molar-refractivity contribution in [3.8, 4) is 22.4 Å². The Balaban J connectivity index is 1.58. The van der Waals surface area contributed by atoms with E-state index in [1.165, 1.54) is 53.6 Å². The van der Waals surface area contributed by atoms with Crippen LogP contribution in [-0.4, -0.2) is 15.0 Å². The summed E-state index contributed by atoms with van der Waals surface area (Å²) in [5, 5.41) is 1.16. The normalized spacial score (nSPS) is 14.5. The standard InChI is InChI=1S/C27H29N4/c1-17-11-18(2)19(3)24(12-17)26-23-10-9-21(13-25(23)30-16-31(26)4)22-14-28-27(29-15-22)20-7-5-6-8-20/h9-16,20H,5-8H2,1-4H3/q+1. The van der Waals surface area contributed by atoms with Crippen molar-refractivity contribution >= 4 is 10.9 Å². The van der Waals surface area contributed by atoms with Gasteiger partial charge >= 0.3 is 0 Å². The lowest BCUT2D eigenvalue weighted by atomic mass is 9.95. The maximum atomic E-state index is 4.73. The van der Waals surface area contributed by atoms with Crippen molar-refractivity contribution in [3.63, 3.8) is 0 Å². The Morgan fingerprint density at radius 2 is 1.61 bits per heavy atom. The van der Waals surface area contributed by atoms with Gasteiger partial charge in [-0.05, 0) is 73.5 Å². The van der Waals surface area contributed by atoms with Crippen LogP contribution in [0.15, 0.2) is 49.1 Å². The quantitative estimate of drug-likeness (QED) is 0.404. The van der Waals surface area contributed by atoms with Gasteiger partial charge in [-0.25, -0.2) is 14.5 Å². The van der Waals surface area contributed by atoms with Crippen LogP contribution >= 0.6 is 0 Å². The van der Waals surface area contributed by atoms with Crippen molar-refractivity contribution in [2.24, 2.45) is 7.05 Å². The molecule has 0 saturated heterocycles. The zero-order valence-electron chi connectivity index (χ0n) is 18.8. The third-order valence-corrected chi connectivity index (χ3v) is 6.77. The third kappa shape index (κ3) is 3.60. The molecule has 4 heteroatoms. The van der Waals surface area contributed by atoms with Gasteiger partial charge in [0.25, 0.3) is 6.33 Å². The van der Waals surface area contributed by atoms with Crippen LogP contribution in [0.4, 0.5) is 0 Å². The molecule has 0 bridgehead atoms. The molecule has 31 heavy (non-hydrogen) atoms. The lowest BCUT2D eigenvalue weighted by Crippen LogP contribution is -2.32. The second-order valence-electron chi connectivity index (χ2n) is 9.00. The van der Waals surface area contributed by atoms with Gasteiger partial charge in [0.05, 0.1) is 12.4 Å². The van der Waals surface area contributed by atoms with E-state index in [2.05, 4.69) is 62.7 Å². The molecule has 1 aliphatic carbocycles. The van der Waals surface area contributed by atoms with Gasteiger partial charge in [0.1, 0.15) is 11.5 Å². The van der Waals surface area contributed by atoms with E-state index in [0.717, 1.165) is 27.9 Å².